The molecule has 1 aromatic rings. The summed E-state index contributed by atoms with van der Waals surface area (Å²) in [4.78, 5) is 15.3. The Morgan fingerprint density at radius 1 is 1.83 bits per heavy atom. The van der Waals surface area contributed by atoms with Gasteiger partial charge in [0.15, 0.2) is 5.13 Å². The largest absolute Gasteiger partial charge is 0.469 e. The van der Waals surface area contributed by atoms with Crippen LogP contribution in [0.4, 0.5) is 5.13 Å². The first-order chi connectivity index (χ1) is 5.22. The molecule has 0 fully saturated rings. The SMILES string of the molecule is COC(=O)Cc1cnc(N)s1.Cl. The third kappa shape index (κ3) is 3.06. The van der Waals surface area contributed by atoms with E-state index in [0.29, 0.717) is 5.13 Å². The molecule has 0 unspecified atom stereocenters. The number of anilines is 1. The maximum absolute atomic E-state index is 10.7. The van der Waals surface area contributed by atoms with Crippen LogP contribution in [-0.4, -0.2) is 18.1 Å². The Balaban J connectivity index is 0.00000121. The summed E-state index contributed by atoms with van der Waals surface area (Å²) in [6.07, 6.45) is 1.84. The zero-order chi connectivity index (χ0) is 8.27. The number of ether oxygens (including phenoxy) is 1. The first-order valence-electron chi connectivity index (χ1n) is 2.99. The molecule has 6 heteroatoms. The smallest absolute Gasteiger partial charge is 0.310 e. The Morgan fingerprint density at radius 3 is 2.92 bits per heavy atom. The number of halogens is 1. The standard InChI is InChI=1S/C6H8N2O2S.ClH/c1-10-5(9)2-4-3-8-6(7)11-4;/h3H,2H2,1H3,(H2,7,8);1H. The number of methoxy groups -OCH3 is 1. The average molecular weight is 209 g/mol. The van der Waals surface area contributed by atoms with Crippen molar-refractivity contribution in [3.05, 3.63) is 11.1 Å². The lowest BCUT2D eigenvalue weighted by Gasteiger charge is -1.92. The van der Waals surface area contributed by atoms with Gasteiger partial charge in [0.2, 0.25) is 0 Å². The molecule has 2 N–H and O–H groups in total. The number of nitrogens with zero attached hydrogens (tertiary/aromatic N) is 1. The second-order valence-corrected chi connectivity index (χ2v) is 3.06. The number of hydrogen-bond acceptors (Lipinski definition) is 5. The number of esters is 1. The fourth-order valence-corrected chi connectivity index (χ4v) is 1.29. The summed E-state index contributed by atoms with van der Waals surface area (Å²) < 4.78 is 4.46. The zero-order valence-electron chi connectivity index (χ0n) is 6.44. The molecule has 0 bridgehead atoms. The third-order valence-electron chi connectivity index (χ3n) is 1.12. The molecule has 1 aromatic heterocycles. The Bertz CT molecular complexity index is 264. The highest BCUT2D eigenvalue weighted by molar-refractivity contribution is 7.15. The average Bonchev–Trinajstić information content (AvgIpc) is 2.35. The fraction of sp³-hybridized carbons (Fsp3) is 0.333. The highest BCUT2D eigenvalue weighted by Crippen LogP contribution is 2.14. The molecule has 0 amide bonds. The van der Waals surface area contributed by atoms with Gasteiger partial charge in [0.05, 0.1) is 13.5 Å². The van der Waals surface area contributed by atoms with E-state index in [1.807, 2.05) is 0 Å². The Labute approximate surface area is 80.2 Å². The van der Waals surface area contributed by atoms with E-state index < -0.39 is 0 Å². The Hall–Kier alpha value is -0.810. The second kappa shape index (κ2) is 4.95. The van der Waals surface area contributed by atoms with E-state index in [1.165, 1.54) is 18.4 Å². The third-order valence-corrected chi connectivity index (χ3v) is 1.94. The predicted molar refractivity (Wildman–Crippen MR) is 49.5 cm³/mol. The maximum Gasteiger partial charge on any atom is 0.310 e. The number of carbonyl (C=O) groups is 1. The Morgan fingerprint density at radius 2 is 2.50 bits per heavy atom. The van der Waals surface area contributed by atoms with Gasteiger partial charge in [-0.15, -0.1) is 23.7 Å². The summed E-state index contributed by atoms with van der Waals surface area (Å²) in [6, 6.07) is 0. The topological polar surface area (TPSA) is 65.2 Å². The van der Waals surface area contributed by atoms with Crippen molar-refractivity contribution in [2.45, 2.75) is 6.42 Å². The molecule has 1 heterocycles. The second-order valence-electron chi connectivity index (χ2n) is 1.92. The van der Waals surface area contributed by atoms with Crippen molar-refractivity contribution in [3.8, 4) is 0 Å². The number of nitrogens with two attached hydrogens (primary N) is 1. The van der Waals surface area contributed by atoms with E-state index in [4.69, 9.17) is 5.73 Å². The zero-order valence-corrected chi connectivity index (χ0v) is 8.08. The summed E-state index contributed by atoms with van der Waals surface area (Å²) in [6.45, 7) is 0. The van der Waals surface area contributed by atoms with Crippen LogP contribution in [0.3, 0.4) is 0 Å². The minimum Gasteiger partial charge on any atom is -0.469 e. The summed E-state index contributed by atoms with van der Waals surface area (Å²) in [5.74, 6) is -0.270. The molecule has 0 aliphatic rings. The fourth-order valence-electron chi connectivity index (χ4n) is 0.619. The van der Waals surface area contributed by atoms with Crippen LogP contribution in [0.15, 0.2) is 6.20 Å². The molecule has 0 saturated carbocycles. The molecule has 0 aliphatic carbocycles. The first kappa shape index (κ1) is 11.2. The molecule has 0 saturated heterocycles. The van der Waals surface area contributed by atoms with Crippen LogP contribution in [0, 0.1) is 0 Å². The molecule has 1 rings (SSSR count). The molecule has 0 radical (unpaired) electrons. The molecule has 0 spiro atoms. The monoisotopic (exact) mass is 208 g/mol. The van der Waals surface area contributed by atoms with Gasteiger partial charge in [-0.1, -0.05) is 0 Å². The lowest BCUT2D eigenvalue weighted by Crippen LogP contribution is -2.02. The summed E-state index contributed by atoms with van der Waals surface area (Å²) in [5, 5.41) is 0.476. The van der Waals surface area contributed by atoms with Crippen molar-refractivity contribution in [1.82, 2.24) is 4.98 Å². The van der Waals surface area contributed by atoms with Crippen molar-refractivity contribution in [2.75, 3.05) is 12.8 Å². The quantitative estimate of drug-likeness (QED) is 0.733. The van der Waals surface area contributed by atoms with Gasteiger partial charge in [-0.3, -0.25) is 4.79 Å². The van der Waals surface area contributed by atoms with E-state index in [1.54, 1.807) is 6.20 Å². The van der Waals surface area contributed by atoms with Gasteiger partial charge in [0.1, 0.15) is 0 Å². The van der Waals surface area contributed by atoms with Crippen LogP contribution in [0.2, 0.25) is 0 Å². The molecule has 0 aromatic carbocycles. The molecular weight excluding hydrogens is 200 g/mol. The van der Waals surface area contributed by atoms with Gasteiger partial charge < -0.3 is 10.5 Å². The van der Waals surface area contributed by atoms with Crippen molar-refractivity contribution in [1.29, 1.82) is 0 Å². The van der Waals surface area contributed by atoms with Crippen LogP contribution in [-0.2, 0) is 16.0 Å². The van der Waals surface area contributed by atoms with Gasteiger partial charge in [-0.2, -0.15) is 0 Å². The highest BCUT2D eigenvalue weighted by Gasteiger charge is 2.04. The number of thiazole rings is 1. The molecule has 0 aliphatic heterocycles. The summed E-state index contributed by atoms with van der Waals surface area (Å²) in [5.41, 5.74) is 5.35. The lowest BCUT2D eigenvalue weighted by molar-refractivity contribution is -0.139. The first-order valence-corrected chi connectivity index (χ1v) is 3.81. The van der Waals surface area contributed by atoms with E-state index in [9.17, 15) is 4.79 Å². The van der Waals surface area contributed by atoms with Crippen molar-refractivity contribution < 1.29 is 9.53 Å². The van der Waals surface area contributed by atoms with Crippen LogP contribution in [0.25, 0.3) is 0 Å². The Kier molecular flexibility index (Phi) is 4.61. The molecule has 0 atom stereocenters. The number of aromatic nitrogens is 1. The van der Waals surface area contributed by atoms with Crippen molar-refractivity contribution >= 4 is 34.8 Å². The van der Waals surface area contributed by atoms with E-state index >= 15 is 0 Å². The van der Waals surface area contributed by atoms with Crippen molar-refractivity contribution in [3.63, 3.8) is 0 Å². The van der Waals surface area contributed by atoms with E-state index in [2.05, 4.69) is 9.72 Å². The maximum atomic E-state index is 10.7. The van der Waals surface area contributed by atoms with Gasteiger partial charge in [-0.05, 0) is 0 Å². The van der Waals surface area contributed by atoms with Gasteiger partial charge in [0.25, 0.3) is 0 Å². The van der Waals surface area contributed by atoms with Gasteiger partial charge in [-0.25, -0.2) is 4.98 Å². The van der Waals surface area contributed by atoms with Crippen LogP contribution in [0.5, 0.6) is 0 Å². The summed E-state index contributed by atoms with van der Waals surface area (Å²) in [7, 11) is 1.35. The minimum atomic E-state index is -0.270. The lowest BCUT2D eigenvalue weighted by atomic mass is 10.4. The van der Waals surface area contributed by atoms with E-state index in [-0.39, 0.29) is 24.8 Å². The molecule has 68 valence electrons. The van der Waals surface area contributed by atoms with Crippen molar-refractivity contribution in [2.24, 2.45) is 0 Å². The van der Waals surface area contributed by atoms with Crippen LogP contribution < -0.4 is 5.73 Å². The molecule has 4 nitrogen and oxygen atoms in total. The number of nitrogen functional groups attached to an aromatic ring is 1. The van der Waals surface area contributed by atoms with E-state index in [0.717, 1.165) is 4.88 Å². The number of hydrogen-bond donors (Lipinski definition) is 1. The summed E-state index contributed by atoms with van der Waals surface area (Å²) >= 11 is 1.30. The number of rotatable bonds is 2. The van der Waals surface area contributed by atoms with Crippen LogP contribution >= 0.6 is 23.7 Å². The normalized spacial score (nSPS) is 8.75. The van der Waals surface area contributed by atoms with Crippen LogP contribution in [0.1, 0.15) is 4.88 Å². The van der Waals surface area contributed by atoms with Gasteiger partial charge >= 0.3 is 5.97 Å². The highest BCUT2D eigenvalue weighted by atomic mass is 35.5. The number of carbonyl (C=O) groups excluding carboxylic acids is 1. The van der Waals surface area contributed by atoms with Gasteiger partial charge in [0, 0.05) is 11.1 Å². The molecule has 12 heavy (non-hydrogen) atoms. The molecular formula is C6H9ClN2O2S. The predicted octanol–water partition coefficient (Wildman–Crippen LogP) is 0.863. The minimum absolute atomic E-state index is 0.